The molecule has 0 spiro atoms. The largest absolute Gasteiger partial charge is 0.307 e. The van der Waals surface area contributed by atoms with E-state index in [4.69, 9.17) is 9.97 Å². The summed E-state index contributed by atoms with van der Waals surface area (Å²) < 4.78 is 4.87. The Bertz CT molecular complexity index is 3440. The van der Waals surface area contributed by atoms with Crippen LogP contribution in [-0.4, -0.2) is 19.1 Å². The van der Waals surface area contributed by atoms with Crippen LogP contribution in [0.4, 0.5) is 0 Å². The first kappa shape index (κ1) is 33.6. The molecule has 8 aromatic carbocycles. The highest BCUT2D eigenvalue weighted by atomic mass is 15.1. The van der Waals surface area contributed by atoms with Gasteiger partial charge in [-0.25, -0.2) is 9.97 Å². The molecule has 278 valence electrons. The van der Waals surface area contributed by atoms with E-state index >= 15 is 0 Å². The summed E-state index contributed by atoms with van der Waals surface area (Å²) >= 11 is 0. The highest BCUT2D eigenvalue weighted by Gasteiger charge is 2.35. The molecule has 3 aromatic heterocycles. The second-order valence-electron chi connectivity index (χ2n) is 16.2. The first-order chi connectivity index (χ1) is 29.0. The van der Waals surface area contributed by atoms with Gasteiger partial charge in [0, 0.05) is 49.8 Å². The van der Waals surface area contributed by atoms with Gasteiger partial charge in [-0.1, -0.05) is 178 Å². The Kier molecular flexibility index (Phi) is 7.24. The molecular weight excluding hydrogens is 717 g/mol. The van der Waals surface area contributed by atoms with Crippen LogP contribution in [0.3, 0.4) is 0 Å². The molecule has 0 unspecified atom stereocenters. The van der Waals surface area contributed by atoms with Crippen LogP contribution in [0.25, 0.3) is 100 Å². The Morgan fingerprint density at radius 1 is 0.390 bits per heavy atom. The normalized spacial score (nSPS) is 13.1. The third-order valence-corrected chi connectivity index (χ3v) is 12.6. The van der Waals surface area contributed by atoms with Gasteiger partial charge in [0.05, 0.1) is 27.8 Å². The predicted octanol–water partition coefficient (Wildman–Crippen LogP) is 14.0. The summed E-state index contributed by atoms with van der Waals surface area (Å²) in [5, 5.41) is 4.78. The third-order valence-electron chi connectivity index (χ3n) is 12.6. The molecule has 0 N–H and O–H groups in total. The summed E-state index contributed by atoms with van der Waals surface area (Å²) in [6, 6.07) is 69.9. The van der Waals surface area contributed by atoms with E-state index in [2.05, 4.69) is 211 Å². The molecule has 0 bridgehead atoms. The van der Waals surface area contributed by atoms with Gasteiger partial charge in [-0.3, -0.25) is 4.57 Å². The van der Waals surface area contributed by atoms with Gasteiger partial charge in [0.2, 0.25) is 0 Å². The Balaban J connectivity index is 1.16. The van der Waals surface area contributed by atoms with Gasteiger partial charge >= 0.3 is 0 Å². The van der Waals surface area contributed by atoms with Crippen LogP contribution in [0.2, 0.25) is 0 Å². The fourth-order valence-electron chi connectivity index (χ4n) is 9.72. The van der Waals surface area contributed by atoms with E-state index in [0.29, 0.717) is 5.82 Å². The van der Waals surface area contributed by atoms with Crippen LogP contribution in [0.15, 0.2) is 194 Å². The van der Waals surface area contributed by atoms with Crippen molar-refractivity contribution in [2.24, 2.45) is 0 Å². The molecule has 0 fully saturated rings. The number of nitrogens with zero attached hydrogens (tertiary/aromatic N) is 4. The smallest absolute Gasteiger partial charge is 0.162 e. The van der Waals surface area contributed by atoms with Crippen LogP contribution in [0.5, 0.6) is 0 Å². The average Bonchev–Trinajstić information content (AvgIpc) is 3.90. The van der Waals surface area contributed by atoms with Crippen LogP contribution >= 0.6 is 0 Å². The molecule has 4 nitrogen and oxygen atoms in total. The zero-order valence-electron chi connectivity index (χ0n) is 32.8. The number of hydrogen-bond acceptors (Lipinski definition) is 2. The van der Waals surface area contributed by atoms with Crippen molar-refractivity contribution in [3.63, 3.8) is 0 Å². The average molecular weight is 755 g/mol. The first-order valence-corrected chi connectivity index (χ1v) is 20.3. The molecule has 1 aliphatic carbocycles. The maximum absolute atomic E-state index is 5.43. The lowest BCUT2D eigenvalue weighted by molar-refractivity contribution is 0.660. The second kappa shape index (κ2) is 12.7. The topological polar surface area (TPSA) is 35.6 Å². The zero-order valence-corrected chi connectivity index (χ0v) is 32.8. The minimum Gasteiger partial charge on any atom is -0.307 e. The van der Waals surface area contributed by atoms with E-state index in [1.807, 2.05) is 6.07 Å². The minimum absolute atomic E-state index is 0.130. The van der Waals surface area contributed by atoms with Gasteiger partial charge < -0.3 is 4.57 Å². The van der Waals surface area contributed by atoms with Gasteiger partial charge in [-0.2, -0.15) is 0 Å². The van der Waals surface area contributed by atoms with Crippen molar-refractivity contribution < 1.29 is 0 Å². The lowest BCUT2D eigenvalue weighted by Crippen LogP contribution is -2.15. The lowest BCUT2D eigenvalue weighted by Gasteiger charge is -2.22. The number of rotatable bonds is 5. The van der Waals surface area contributed by atoms with E-state index in [1.165, 1.54) is 60.4 Å². The summed E-state index contributed by atoms with van der Waals surface area (Å²) in [5.41, 5.74) is 16.2. The maximum Gasteiger partial charge on any atom is 0.162 e. The molecule has 0 saturated carbocycles. The molecule has 12 rings (SSSR count). The monoisotopic (exact) mass is 754 g/mol. The zero-order chi connectivity index (χ0) is 39.2. The molecule has 59 heavy (non-hydrogen) atoms. The lowest BCUT2D eigenvalue weighted by atomic mass is 9.82. The van der Waals surface area contributed by atoms with Crippen LogP contribution < -0.4 is 0 Å². The quantitative estimate of drug-likeness (QED) is 0.175. The van der Waals surface area contributed by atoms with E-state index < -0.39 is 0 Å². The Morgan fingerprint density at radius 3 is 1.64 bits per heavy atom. The predicted molar refractivity (Wildman–Crippen MR) is 245 cm³/mol. The van der Waals surface area contributed by atoms with E-state index in [-0.39, 0.29) is 5.41 Å². The van der Waals surface area contributed by atoms with Gasteiger partial charge in [-0.05, 0) is 57.6 Å². The molecule has 3 heterocycles. The minimum atomic E-state index is -0.130. The van der Waals surface area contributed by atoms with Gasteiger partial charge in [0.25, 0.3) is 0 Å². The van der Waals surface area contributed by atoms with E-state index in [9.17, 15) is 0 Å². The van der Waals surface area contributed by atoms with Crippen molar-refractivity contribution in [3.05, 3.63) is 205 Å². The third kappa shape index (κ3) is 5.03. The number of fused-ring (bicyclic) bond motifs is 10. The second-order valence-corrected chi connectivity index (χ2v) is 16.2. The molecular formula is C55H38N4. The summed E-state index contributed by atoms with van der Waals surface area (Å²) in [4.78, 5) is 10.7. The van der Waals surface area contributed by atoms with Crippen molar-refractivity contribution in [3.8, 4) is 56.4 Å². The molecule has 0 radical (unpaired) electrons. The molecule has 0 atom stereocenters. The van der Waals surface area contributed by atoms with Crippen LogP contribution in [0, 0.1) is 0 Å². The van der Waals surface area contributed by atoms with Crippen LogP contribution in [0.1, 0.15) is 25.0 Å². The summed E-state index contributed by atoms with van der Waals surface area (Å²) in [7, 11) is 0. The number of benzene rings is 8. The first-order valence-electron chi connectivity index (χ1n) is 20.3. The molecule has 4 heteroatoms. The van der Waals surface area contributed by atoms with Crippen LogP contribution in [-0.2, 0) is 5.41 Å². The number of para-hydroxylation sites is 2. The van der Waals surface area contributed by atoms with Crippen molar-refractivity contribution in [2.45, 2.75) is 19.3 Å². The summed E-state index contributed by atoms with van der Waals surface area (Å²) in [6.45, 7) is 4.71. The summed E-state index contributed by atoms with van der Waals surface area (Å²) in [5.74, 6) is 1.51. The fraction of sp³-hybridized carbons (Fsp3) is 0.0545. The van der Waals surface area contributed by atoms with Crippen molar-refractivity contribution >= 4 is 43.6 Å². The SMILES string of the molecule is CC1(C)c2ccccc2-c2ccc(-n3c4ccccc4c4ccc5c6ccccc6n(-c6cc(-c7ccc(-c8ccccc8)cc7)nc(-c7ccccc7)n6)c5c43)cc21. The molecule has 0 aliphatic heterocycles. The highest BCUT2D eigenvalue weighted by molar-refractivity contribution is 6.23. The van der Waals surface area contributed by atoms with Crippen molar-refractivity contribution in [2.75, 3.05) is 0 Å². The van der Waals surface area contributed by atoms with Crippen molar-refractivity contribution in [1.82, 2.24) is 19.1 Å². The number of hydrogen-bond donors (Lipinski definition) is 0. The van der Waals surface area contributed by atoms with E-state index in [0.717, 1.165) is 44.9 Å². The Labute approximate surface area is 342 Å². The molecule has 0 amide bonds. The number of aromatic nitrogens is 4. The molecule has 0 saturated heterocycles. The van der Waals surface area contributed by atoms with Crippen molar-refractivity contribution in [1.29, 1.82) is 0 Å². The fourth-order valence-corrected chi connectivity index (χ4v) is 9.72. The molecule has 1 aliphatic rings. The maximum atomic E-state index is 5.43. The van der Waals surface area contributed by atoms with Gasteiger partial charge in [-0.15, -0.1) is 0 Å². The Morgan fingerprint density at radius 2 is 0.932 bits per heavy atom. The van der Waals surface area contributed by atoms with E-state index in [1.54, 1.807) is 0 Å². The molecule has 11 aromatic rings. The van der Waals surface area contributed by atoms with Gasteiger partial charge in [0.15, 0.2) is 5.82 Å². The van der Waals surface area contributed by atoms with Gasteiger partial charge in [0.1, 0.15) is 5.82 Å². The highest BCUT2D eigenvalue weighted by Crippen LogP contribution is 2.50. The Hall–Kier alpha value is -7.56. The summed E-state index contributed by atoms with van der Waals surface area (Å²) in [6.07, 6.45) is 0. The standard InChI is InChI=1S/C55H38N4/c1-55(2)46-22-12-9-19-40(46)41-30-29-39(33-47(41)55)58-49-23-13-10-20-42(49)44-31-32-45-43-21-11-14-24-50(43)59(53(45)52(44)58)51-34-48(56-54(57-51)38-17-7-4-8-18-38)37-27-25-36(26-28-37)35-15-5-3-6-16-35/h3-34H,1-2H3.